The van der Waals surface area contributed by atoms with Crippen LogP contribution in [0.4, 0.5) is 24.5 Å². The minimum atomic E-state index is -4.52. The van der Waals surface area contributed by atoms with E-state index in [9.17, 15) is 18.0 Å². The van der Waals surface area contributed by atoms with Crippen molar-refractivity contribution in [2.45, 2.75) is 46.3 Å². The molecule has 2 aliphatic heterocycles. The van der Waals surface area contributed by atoms with E-state index in [2.05, 4.69) is 20.9 Å². The number of carbonyl (C=O) groups is 1. The van der Waals surface area contributed by atoms with Gasteiger partial charge >= 0.3 is 6.18 Å². The van der Waals surface area contributed by atoms with E-state index in [0.29, 0.717) is 17.7 Å². The van der Waals surface area contributed by atoms with Crippen molar-refractivity contribution in [3.05, 3.63) is 81.8 Å². The fourth-order valence-electron chi connectivity index (χ4n) is 5.28. The molecule has 3 heterocycles. The molecule has 212 valence electrons. The number of alkyl halides is 3. The quantitative estimate of drug-likeness (QED) is 0.427. The summed E-state index contributed by atoms with van der Waals surface area (Å²) >= 11 is 0. The SMILES string of the molecule is Cc1ccc(C(=O)Nc2cc(CN3CCCC3)c(C)c(C(F)(F)F)c2)cc1N1C=C(c2cnn(C)c2C)N(C)N1. The average molecular weight is 554 g/mol. The Hall–Kier alpha value is -3.83. The Bertz CT molecular complexity index is 1470. The molecule has 0 atom stereocenters. The first-order valence-electron chi connectivity index (χ1n) is 13.3. The summed E-state index contributed by atoms with van der Waals surface area (Å²) in [5, 5.41) is 10.7. The molecule has 40 heavy (non-hydrogen) atoms. The first-order chi connectivity index (χ1) is 18.9. The number of nitrogens with zero attached hydrogens (tertiary/aromatic N) is 5. The van der Waals surface area contributed by atoms with Crippen molar-refractivity contribution in [2.24, 2.45) is 7.05 Å². The van der Waals surface area contributed by atoms with Crippen LogP contribution in [0, 0.1) is 20.8 Å². The Morgan fingerprint density at radius 2 is 1.80 bits per heavy atom. The van der Waals surface area contributed by atoms with Gasteiger partial charge in [-0.3, -0.25) is 24.4 Å². The van der Waals surface area contributed by atoms with E-state index in [1.54, 1.807) is 29.1 Å². The lowest BCUT2D eigenvalue weighted by Crippen LogP contribution is -2.38. The molecule has 11 heteroatoms. The number of hydrogen-bond donors (Lipinski definition) is 2. The number of hydrazine groups is 2. The number of likely N-dealkylation sites (tertiary alicyclic amines) is 1. The number of aryl methyl sites for hydroxylation is 2. The fraction of sp³-hybridized carbons (Fsp3) is 0.379. The van der Waals surface area contributed by atoms with Gasteiger partial charge in [0.05, 0.1) is 23.1 Å². The normalized spacial score (nSPS) is 16.1. The molecule has 0 spiro atoms. The molecule has 2 aromatic carbocycles. The van der Waals surface area contributed by atoms with Crippen molar-refractivity contribution < 1.29 is 18.0 Å². The molecule has 2 N–H and O–H groups in total. The molecule has 3 aromatic rings. The first kappa shape index (κ1) is 27.7. The highest BCUT2D eigenvalue weighted by Gasteiger charge is 2.34. The molecule has 1 saturated heterocycles. The Labute approximate surface area is 232 Å². The summed E-state index contributed by atoms with van der Waals surface area (Å²) in [6.45, 7) is 7.56. The molecular weight excluding hydrogens is 519 g/mol. The highest BCUT2D eigenvalue weighted by molar-refractivity contribution is 6.05. The number of nitrogens with one attached hydrogen (secondary N) is 2. The standard InChI is InChI=1S/C29H34F3N7O/c1-18-8-9-21(13-26(18)39-17-27(37(5)35-39)24-15-33-36(4)20(24)3)28(40)34-23-12-22(16-38-10-6-7-11-38)19(2)25(14-23)29(30,31)32/h8-9,12-15,17,35H,6-7,10-11,16H2,1-5H3,(H,34,40). The Morgan fingerprint density at radius 3 is 2.45 bits per heavy atom. The van der Waals surface area contributed by atoms with Gasteiger partial charge in [-0.2, -0.15) is 18.3 Å². The minimum absolute atomic E-state index is 0.132. The molecule has 1 fully saturated rings. The second-order valence-electron chi connectivity index (χ2n) is 10.6. The molecule has 5 rings (SSSR count). The van der Waals surface area contributed by atoms with Crippen LogP contribution in [0.2, 0.25) is 0 Å². The molecule has 0 bridgehead atoms. The molecule has 1 aromatic heterocycles. The molecule has 2 aliphatic rings. The summed E-state index contributed by atoms with van der Waals surface area (Å²) in [6, 6.07) is 7.91. The summed E-state index contributed by atoms with van der Waals surface area (Å²) in [5.41, 5.74) is 8.31. The van der Waals surface area contributed by atoms with Crippen LogP contribution < -0.4 is 15.9 Å². The van der Waals surface area contributed by atoms with Crippen molar-refractivity contribution >= 4 is 23.0 Å². The van der Waals surface area contributed by atoms with E-state index >= 15 is 0 Å². The van der Waals surface area contributed by atoms with E-state index in [4.69, 9.17) is 0 Å². The van der Waals surface area contributed by atoms with Crippen molar-refractivity contribution in [3.63, 3.8) is 0 Å². The lowest BCUT2D eigenvalue weighted by atomic mass is 9.99. The van der Waals surface area contributed by atoms with Gasteiger partial charge < -0.3 is 5.32 Å². The van der Waals surface area contributed by atoms with Gasteiger partial charge in [-0.1, -0.05) is 6.07 Å². The van der Waals surface area contributed by atoms with Crippen LogP contribution in [-0.4, -0.2) is 45.7 Å². The van der Waals surface area contributed by atoms with Gasteiger partial charge in [0.25, 0.3) is 5.91 Å². The third-order valence-electron chi connectivity index (χ3n) is 7.78. The lowest BCUT2D eigenvalue weighted by molar-refractivity contribution is -0.138. The van der Waals surface area contributed by atoms with Crippen molar-refractivity contribution in [1.82, 2.24) is 25.2 Å². The Kier molecular flexibility index (Phi) is 7.36. The highest BCUT2D eigenvalue weighted by Crippen LogP contribution is 2.36. The number of amides is 1. The van der Waals surface area contributed by atoms with Gasteiger partial charge in [0.15, 0.2) is 0 Å². The number of aromatic nitrogens is 2. The Morgan fingerprint density at radius 1 is 1.07 bits per heavy atom. The average Bonchev–Trinajstić information content (AvgIpc) is 3.62. The maximum absolute atomic E-state index is 13.9. The summed E-state index contributed by atoms with van der Waals surface area (Å²) in [4.78, 5) is 15.5. The van der Waals surface area contributed by atoms with Gasteiger partial charge in [0.1, 0.15) is 0 Å². The molecule has 0 saturated carbocycles. The van der Waals surface area contributed by atoms with Gasteiger partial charge in [0, 0.05) is 49.3 Å². The smallest absolute Gasteiger partial charge is 0.322 e. The molecular formula is C29H34F3N7O. The first-order valence-corrected chi connectivity index (χ1v) is 13.3. The van der Waals surface area contributed by atoms with Gasteiger partial charge in [0.2, 0.25) is 0 Å². The zero-order valence-electron chi connectivity index (χ0n) is 23.4. The van der Waals surface area contributed by atoms with Crippen LogP contribution in [-0.2, 0) is 19.8 Å². The monoisotopic (exact) mass is 553 g/mol. The van der Waals surface area contributed by atoms with Crippen LogP contribution in [0.5, 0.6) is 0 Å². The minimum Gasteiger partial charge on any atom is -0.322 e. The molecule has 0 aliphatic carbocycles. The maximum Gasteiger partial charge on any atom is 0.416 e. The number of hydrogen-bond acceptors (Lipinski definition) is 6. The fourth-order valence-corrected chi connectivity index (χ4v) is 5.28. The zero-order chi connectivity index (χ0) is 28.8. The third kappa shape index (κ3) is 5.44. The van der Waals surface area contributed by atoms with Crippen molar-refractivity contribution in [3.8, 4) is 0 Å². The van der Waals surface area contributed by atoms with Crippen molar-refractivity contribution in [2.75, 3.05) is 30.5 Å². The largest absolute Gasteiger partial charge is 0.416 e. The zero-order valence-corrected chi connectivity index (χ0v) is 23.4. The molecule has 0 radical (unpaired) electrons. The van der Waals surface area contributed by atoms with Crippen LogP contribution in [0.15, 0.2) is 42.7 Å². The predicted molar refractivity (Wildman–Crippen MR) is 149 cm³/mol. The molecule has 8 nitrogen and oxygen atoms in total. The number of anilines is 2. The molecule has 0 unspecified atom stereocenters. The highest BCUT2D eigenvalue weighted by atomic mass is 19.4. The third-order valence-corrected chi connectivity index (χ3v) is 7.78. The second kappa shape index (κ2) is 10.6. The van der Waals surface area contributed by atoms with Gasteiger partial charge in [-0.15, -0.1) is 5.53 Å². The summed E-state index contributed by atoms with van der Waals surface area (Å²) in [5.74, 6) is -0.481. The maximum atomic E-state index is 13.9. The van der Waals surface area contributed by atoms with Gasteiger partial charge in [-0.05, 0) is 87.7 Å². The topological polar surface area (TPSA) is 68.7 Å². The van der Waals surface area contributed by atoms with E-state index in [1.165, 1.54) is 6.92 Å². The number of halogens is 3. The van der Waals surface area contributed by atoms with E-state index in [-0.39, 0.29) is 11.3 Å². The van der Waals surface area contributed by atoms with Crippen molar-refractivity contribution in [1.29, 1.82) is 0 Å². The summed E-state index contributed by atoms with van der Waals surface area (Å²) in [7, 11) is 3.77. The lowest BCUT2D eigenvalue weighted by Gasteiger charge is -2.23. The summed E-state index contributed by atoms with van der Waals surface area (Å²) < 4.78 is 43.5. The van der Waals surface area contributed by atoms with Crippen LogP contribution in [0.3, 0.4) is 0 Å². The number of benzene rings is 2. The van der Waals surface area contributed by atoms with Gasteiger partial charge in [-0.25, -0.2) is 0 Å². The van der Waals surface area contributed by atoms with Crippen LogP contribution in [0.25, 0.3) is 5.70 Å². The number of rotatable bonds is 6. The second-order valence-corrected chi connectivity index (χ2v) is 10.6. The van der Waals surface area contributed by atoms with E-state index in [1.807, 2.05) is 50.2 Å². The summed E-state index contributed by atoms with van der Waals surface area (Å²) in [6.07, 6.45) is 1.28. The number of carbonyl (C=O) groups excluding carboxylic acids is 1. The van der Waals surface area contributed by atoms with Crippen LogP contribution in [0.1, 0.15) is 56.7 Å². The van der Waals surface area contributed by atoms with E-state index < -0.39 is 17.6 Å². The molecule has 1 amide bonds. The van der Waals surface area contributed by atoms with E-state index in [0.717, 1.165) is 60.2 Å². The predicted octanol–water partition coefficient (Wildman–Crippen LogP) is 5.38. The Balaban J connectivity index is 1.42. The van der Waals surface area contributed by atoms with Crippen LogP contribution >= 0.6 is 0 Å².